The Bertz CT molecular complexity index is 485. The van der Waals surface area contributed by atoms with Gasteiger partial charge in [-0.2, -0.15) is 4.31 Å². The number of sulfonamides is 1. The molecule has 82 valence electrons. The van der Waals surface area contributed by atoms with Crippen LogP contribution in [0.3, 0.4) is 0 Å². The Morgan fingerprint density at radius 2 is 2.13 bits per heavy atom. The van der Waals surface area contributed by atoms with Gasteiger partial charge in [-0.15, -0.1) is 0 Å². The summed E-state index contributed by atoms with van der Waals surface area (Å²) in [5.74, 6) is 0. The van der Waals surface area contributed by atoms with Crippen LogP contribution in [0.15, 0.2) is 29.2 Å². The number of rotatable bonds is 3. The molecule has 0 spiro atoms. The highest BCUT2D eigenvalue weighted by Crippen LogP contribution is 2.27. The summed E-state index contributed by atoms with van der Waals surface area (Å²) < 4.78 is 32.4. The van der Waals surface area contributed by atoms with Gasteiger partial charge in [0, 0.05) is 7.89 Å². The van der Waals surface area contributed by atoms with Crippen LogP contribution >= 0.6 is 0 Å². The minimum atomic E-state index is -3.61. The third-order valence-corrected chi connectivity index (χ3v) is 4.16. The third kappa shape index (κ3) is 1.90. The molecule has 2 rings (SSSR count). The molecule has 1 heterocycles. The standard InChI is InChI=1S/C10H13NO3S/c1-8-2-4-10(5-3-8)15(13,14)11-6-9(11)7-12/h2-5,9,12H,6-7H2,1H3/t9-,11?/m0/s1/i6D/t6-,9-,11?. The van der Waals surface area contributed by atoms with Crippen molar-refractivity contribution in [1.29, 1.82) is 0 Å². The van der Waals surface area contributed by atoms with Gasteiger partial charge in [-0.25, -0.2) is 8.42 Å². The van der Waals surface area contributed by atoms with Gasteiger partial charge >= 0.3 is 0 Å². The molecule has 1 saturated heterocycles. The van der Waals surface area contributed by atoms with Gasteiger partial charge in [0.1, 0.15) is 0 Å². The summed E-state index contributed by atoms with van der Waals surface area (Å²) in [7, 11) is -3.61. The van der Waals surface area contributed by atoms with E-state index in [-0.39, 0.29) is 11.5 Å². The van der Waals surface area contributed by atoms with Gasteiger partial charge in [-0.1, -0.05) is 17.7 Å². The van der Waals surface area contributed by atoms with Gasteiger partial charge in [-0.3, -0.25) is 0 Å². The fourth-order valence-corrected chi connectivity index (χ4v) is 2.80. The van der Waals surface area contributed by atoms with Gasteiger partial charge in [0.05, 0.1) is 17.5 Å². The number of benzene rings is 1. The van der Waals surface area contributed by atoms with E-state index in [1.807, 2.05) is 6.92 Å². The van der Waals surface area contributed by atoms with Crippen LogP contribution in [0.5, 0.6) is 0 Å². The van der Waals surface area contributed by atoms with Crippen molar-refractivity contribution < 1.29 is 14.9 Å². The Morgan fingerprint density at radius 3 is 2.60 bits per heavy atom. The normalized spacial score (nSPS) is 31.1. The smallest absolute Gasteiger partial charge is 0.243 e. The molecule has 1 aliphatic heterocycles. The van der Waals surface area contributed by atoms with Crippen LogP contribution < -0.4 is 0 Å². The van der Waals surface area contributed by atoms with Crippen molar-refractivity contribution in [2.45, 2.75) is 17.9 Å². The van der Waals surface area contributed by atoms with Crippen molar-refractivity contribution in [3.8, 4) is 0 Å². The molecule has 1 aromatic rings. The molecule has 1 unspecified atom stereocenters. The number of hydrogen-bond acceptors (Lipinski definition) is 3. The highest BCUT2D eigenvalue weighted by Gasteiger charge is 2.43. The van der Waals surface area contributed by atoms with E-state index >= 15 is 0 Å². The Balaban J connectivity index is 2.31. The second-order valence-corrected chi connectivity index (χ2v) is 5.39. The van der Waals surface area contributed by atoms with Crippen molar-refractivity contribution in [1.82, 2.24) is 4.31 Å². The quantitative estimate of drug-likeness (QED) is 0.760. The maximum Gasteiger partial charge on any atom is 0.243 e. The highest BCUT2D eigenvalue weighted by atomic mass is 32.2. The molecule has 15 heavy (non-hydrogen) atoms. The van der Waals surface area contributed by atoms with Gasteiger partial charge < -0.3 is 5.11 Å². The molecule has 0 amide bonds. The zero-order valence-electron chi connectivity index (χ0n) is 9.29. The summed E-state index contributed by atoms with van der Waals surface area (Å²) in [5.41, 5.74) is 0.978. The van der Waals surface area contributed by atoms with E-state index in [1.54, 1.807) is 12.1 Å². The van der Waals surface area contributed by atoms with Crippen LogP contribution in [-0.2, 0) is 10.0 Å². The van der Waals surface area contributed by atoms with Crippen molar-refractivity contribution in [2.75, 3.05) is 13.1 Å². The topological polar surface area (TPSA) is 57.4 Å². The summed E-state index contributed by atoms with van der Waals surface area (Å²) >= 11 is 0. The maximum atomic E-state index is 12.0. The van der Waals surface area contributed by atoms with Crippen molar-refractivity contribution in [3.05, 3.63) is 29.8 Å². The lowest BCUT2D eigenvalue weighted by Crippen LogP contribution is -2.16. The number of aliphatic hydroxyl groups is 1. The molecule has 5 heteroatoms. The molecular weight excluding hydrogens is 214 g/mol. The number of aryl methyl sites for hydroxylation is 1. The molecule has 1 aromatic carbocycles. The van der Waals surface area contributed by atoms with Crippen molar-refractivity contribution in [2.24, 2.45) is 0 Å². The molecule has 1 N–H and O–H groups in total. The van der Waals surface area contributed by atoms with Crippen LogP contribution in [0.2, 0.25) is 0 Å². The zero-order chi connectivity index (χ0) is 11.9. The first kappa shape index (κ1) is 9.33. The van der Waals surface area contributed by atoms with E-state index in [9.17, 15) is 8.42 Å². The Morgan fingerprint density at radius 1 is 1.53 bits per heavy atom. The van der Waals surface area contributed by atoms with Gasteiger partial charge in [0.25, 0.3) is 0 Å². The van der Waals surface area contributed by atoms with Crippen molar-refractivity contribution in [3.63, 3.8) is 0 Å². The molecule has 0 radical (unpaired) electrons. The van der Waals surface area contributed by atoms with E-state index in [1.165, 1.54) is 12.1 Å². The summed E-state index contributed by atoms with van der Waals surface area (Å²) in [5, 5.41) is 8.88. The summed E-state index contributed by atoms with van der Waals surface area (Å²) in [4.78, 5) is 0.173. The lowest BCUT2D eigenvalue weighted by molar-refractivity contribution is 0.287. The molecule has 1 aliphatic rings. The second kappa shape index (κ2) is 3.59. The maximum absolute atomic E-state index is 12.0. The van der Waals surface area contributed by atoms with Gasteiger partial charge in [0.2, 0.25) is 10.0 Å². The molecule has 4 nitrogen and oxygen atoms in total. The van der Waals surface area contributed by atoms with E-state index in [2.05, 4.69) is 0 Å². The lowest BCUT2D eigenvalue weighted by atomic mass is 10.2. The van der Waals surface area contributed by atoms with E-state index in [4.69, 9.17) is 6.48 Å². The summed E-state index contributed by atoms with van der Waals surface area (Å²) in [6.45, 7) is 0.716. The molecule has 3 atom stereocenters. The largest absolute Gasteiger partial charge is 0.395 e. The third-order valence-electron chi connectivity index (χ3n) is 2.34. The fraction of sp³-hybridized carbons (Fsp3) is 0.400. The molecule has 0 saturated carbocycles. The molecule has 0 aliphatic carbocycles. The minimum Gasteiger partial charge on any atom is -0.395 e. The average Bonchev–Trinajstić information content (AvgIpc) is 2.90. The molecule has 1 fully saturated rings. The summed E-state index contributed by atoms with van der Waals surface area (Å²) in [6.07, 6.45) is 0. The van der Waals surface area contributed by atoms with Gasteiger partial charge in [0.15, 0.2) is 0 Å². The van der Waals surface area contributed by atoms with E-state index in [0.717, 1.165) is 9.87 Å². The molecule has 0 bridgehead atoms. The van der Waals surface area contributed by atoms with Crippen LogP contribution in [0, 0.1) is 6.92 Å². The average molecular weight is 228 g/mol. The van der Waals surface area contributed by atoms with Crippen LogP contribution in [0.1, 0.15) is 6.93 Å². The SMILES string of the molecule is [2H][C@H]1[C@@H](CO)N1S(=O)(=O)c1ccc(C)cc1. The monoisotopic (exact) mass is 228 g/mol. The fourth-order valence-electron chi connectivity index (χ4n) is 1.35. The lowest BCUT2D eigenvalue weighted by Gasteiger charge is -2.05. The predicted octanol–water partition coefficient (Wildman–Crippen LogP) is 0.360. The van der Waals surface area contributed by atoms with Crippen LogP contribution in [-0.4, -0.2) is 37.0 Å². The number of aliphatic hydroxyl groups excluding tert-OH is 1. The summed E-state index contributed by atoms with van der Waals surface area (Å²) in [6, 6.07) is 5.87. The van der Waals surface area contributed by atoms with Crippen molar-refractivity contribution >= 4 is 10.0 Å². The first-order chi connectivity index (χ1) is 7.48. The minimum absolute atomic E-state index is 0.173. The molecular formula is C10H13NO3S. The first-order valence-corrected chi connectivity index (χ1v) is 6.06. The zero-order valence-corrected chi connectivity index (χ0v) is 9.11. The first-order valence-electron chi connectivity index (χ1n) is 5.19. The second-order valence-electron chi connectivity index (χ2n) is 3.55. The van der Waals surface area contributed by atoms with Crippen LogP contribution in [0.4, 0.5) is 0 Å². The Labute approximate surface area is 90.6 Å². The Hall–Kier alpha value is -0.910. The molecule has 0 aromatic heterocycles. The Kier molecular flexibility index (Phi) is 2.23. The predicted molar refractivity (Wildman–Crippen MR) is 55.9 cm³/mol. The highest BCUT2D eigenvalue weighted by molar-refractivity contribution is 7.89. The van der Waals surface area contributed by atoms with Gasteiger partial charge in [-0.05, 0) is 19.1 Å². The van der Waals surface area contributed by atoms with E-state index < -0.39 is 22.6 Å². The van der Waals surface area contributed by atoms with Crippen LogP contribution in [0.25, 0.3) is 0 Å². The number of hydrogen-bond donors (Lipinski definition) is 1. The number of nitrogens with zero attached hydrogens (tertiary/aromatic N) is 1. The van der Waals surface area contributed by atoms with E-state index in [0.29, 0.717) is 0 Å².